The van der Waals surface area contributed by atoms with E-state index in [0.717, 1.165) is 52.7 Å². The summed E-state index contributed by atoms with van der Waals surface area (Å²) in [5, 5.41) is 0. The first-order chi connectivity index (χ1) is 19.0. The van der Waals surface area contributed by atoms with Crippen molar-refractivity contribution in [2.75, 3.05) is 13.7 Å². The molecule has 0 spiro atoms. The molecule has 5 rings (SSSR count). The molecule has 0 radical (unpaired) electrons. The maximum absolute atomic E-state index is 12.6. The van der Waals surface area contributed by atoms with Gasteiger partial charge in [0.2, 0.25) is 0 Å². The number of aryl methyl sites for hydroxylation is 2. The van der Waals surface area contributed by atoms with E-state index in [1.54, 1.807) is 0 Å². The third-order valence-corrected chi connectivity index (χ3v) is 7.13. The largest absolute Gasteiger partial charge is 0.493 e. The van der Waals surface area contributed by atoms with E-state index in [1.165, 1.54) is 7.11 Å². The Balaban J connectivity index is 1.24. The average molecular weight is 527 g/mol. The van der Waals surface area contributed by atoms with Crippen molar-refractivity contribution in [2.45, 2.75) is 51.7 Å². The number of oxazole rings is 1. The number of ether oxygens (including phenoxy) is 3. The minimum atomic E-state index is -0.287. The van der Waals surface area contributed by atoms with Gasteiger partial charge in [-0.2, -0.15) is 0 Å². The molecule has 1 aliphatic heterocycles. The molecule has 1 fully saturated rings. The lowest BCUT2D eigenvalue weighted by Gasteiger charge is -2.29. The summed E-state index contributed by atoms with van der Waals surface area (Å²) in [6, 6.07) is 25.7. The van der Waals surface area contributed by atoms with Crippen LogP contribution >= 0.6 is 0 Å². The monoisotopic (exact) mass is 526 g/mol. The van der Waals surface area contributed by atoms with Crippen LogP contribution in [0.1, 0.15) is 47.4 Å². The second kappa shape index (κ2) is 12.2. The first kappa shape index (κ1) is 26.5. The number of methoxy groups -OCH3 is 1. The molecule has 0 aliphatic carbocycles. The highest BCUT2D eigenvalue weighted by atomic mass is 16.5. The van der Waals surface area contributed by atoms with Gasteiger partial charge in [0.15, 0.2) is 5.89 Å². The van der Waals surface area contributed by atoms with E-state index in [2.05, 4.69) is 34.1 Å². The molecule has 0 bridgehead atoms. The molecule has 0 saturated carbocycles. The number of aromatic nitrogens is 1. The number of hydrogen-bond acceptors (Lipinski definition) is 7. The minimum Gasteiger partial charge on any atom is -0.493 e. The fourth-order valence-electron chi connectivity index (χ4n) is 5.19. The molecule has 2 heterocycles. The number of carbonyl (C=O) groups excluding carboxylic acids is 1. The van der Waals surface area contributed by atoms with E-state index >= 15 is 0 Å². The van der Waals surface area contributed by atoms with Gasteiger partial charge >= 0.3 is 5.97 Å². The minimum absolute atomic E-state index is 0.101. The molecule has 4 aromatic rings. The first-order valence-electron chi connectivity index (χ1n) is 13.3. The molecule has 0 amide bonds. The Hall–Kier alpha value is -4.10. The number of para-hydroxylation sites is 1. The smallest absolute Gasteiger partial charge is 0.323 e. The summed E-state index contributed by atoms with van der Waals surface area (Å²) >= 11 is 0. The number of esters is 1. The van der Waals surface area contributed by atoms with Crippen LogP contribution in [-0.2, 0) is 22.5 Å². The van der Waals surface area contributed by atoms with Gasteiger partial charge in [0.25, 0.3) is 0 Å². The highest BCUT2D eigenvalue weighted by Crippen LogP contribution is 2.38. The van der Waals surface area contributed by atoms with Gasteiger partial charge < -0.3 is 18.6 Å². The standard InChI is InChI=1S/C32H34N2O5/c1-22-29(33-23(2)38-22)19-20-37-26-15-11-25(12-16-26)30-17-18-31(32(35)36-3)34(30)21-24-9-13-28(14-10-24)39-27-7-5-4-6-8-27/h4-16,30-31H,17-21H2,1-3H3/t30-,31-/m1/s1. The maximum Gasteiger partial charge on any atom is 0.323 e. The van der Waals surface area contributed by atoms with E-state index in [4.69, 9.17) is 18.6 Å². The Kier molecular flexibility index (Phi) is 8.27. The molecule has 202 valence electrons. The van der Waals surface area contributed by atoms with Crippen LogP contribution in [0.2, 0.25) is 0 Å². The van der Waals surface area contributed by atoms with Crippen LogP contribution in [-0.4, -0.2) is 35.6 Å². The van der Waals surface area contributed by atoms with Gasteiger partial charge in [-0.05, 0) is 67.3 Å². The van der Waals surface area contributed by atoms with Crippen molar-refractivity contribution in [2.24, 2.45) is 0 Å². The molecular formula is C32H34N2O5. The van der Waals surface area contributed by atoms with Gasteiger partial charge in [-0.15, -0.1) is 0 Å². The Morgan fingerprint density at radius 1 is 0.923 bits per heavy atom. The molecule has 1 saturated heterocycles. The molecule has 0 N–H and O–H groups in total. The van der Waals surface area contributed by atoms with E-state index in [1.807, 2.05) is 68.4 Å². The predicted molar refractivity (Wildman–Crippen MR) is 148 cm³/mol. The topological polar surface area (TPSA) is 74.0 Å². The Morgan fingerprint density at radius 3 is 2.28 bits per heavy atom. The number of benzene rings is 3. The molecule has 1 aromatic heterocycles. The van der Waals surface area contributed by atoms with Gasteiger partial charge in [-0.1, -0.05) is 42.5 Å². The SMILES string of the molecule is COC(=O)[C@H]1CC[C@H](c2ccc(OCCc3nc(C)oc3C)cc2)N1Cc1ccc(Oc2ccccc2)cc1. The normalized spacial score (nSPS) is 17.2. The van der Waals surface area contributed by atoms with Crippen molar-refractivity contribution in [3.63, 3.8) is 0 Å². The maximum atomic E-state index is 12.6. The molecule has 3 aromatic carbocycles. The van der Waals surface area contributed by atoms with Crippen molar-refractivity contribution in [3.8, 4) is 17.2 Å². The van der Waals surface area contributed by atoms with Crippen LogP contribution in [0.4, 0.5) is 0 Å². The molecule has 0 unspecified atom stereocenters. The number of carbonyl (C=O) groups is 1. The van der Waals surface area contributed by atoms with Crippen LogP contribution in [0, 0.1) is 13.8 Å². The van der Waals surface area contributed by atoms with Crippen LogP contribution < -0.4 is 9.47 Å². The van der Waals surface area contributed by atoms with Crippen molar-refractivity contribution in [1.82, 2.24) is 9.88 Å². The molecule has 1 aliphatic rings. The van der Waals surface area contributed by atoms with E-state index in [0.29, 0.717) is 25.5 Å². The van der Waals surface area contributed by atoms with E-state index in [-0.39, 0.29) is 18.1 Å². The highest BCUT2D eigenvalue weighted by Gasteiger charge is 2.39. The van der Waals surface area contributed by atoms with Gasteiger partial charge in [-0.25, -0.2) is 4.98 Å². The zero-order valence-corrected chi connectivity index (χ0v) is 22.6. The summed E-state index contributed by atoms with van der Waals surface area (Å²) in [6.45, 7) is 4.93. The van der Waals surface area contributed by atoms with E-state index < -0.39 is 0 Å². The fourth-order valence-corrected chi connectivity index (χ4v) is 5.19. The summed E-state index contributed by atoms with van der Waals surface area (Å²) in [5.41, 5.74) is 3.19. The summed E-state index contributed by atoms with van der Waals surface area (Å²) in [7, 11) is 1.46. The van der Waals surface area contributed by atoms with Crippen LogP contribution in [0.25, 0.3) is 0 Å². The van der Waals surface area contributed by atoms with E-state index in [9.17, 15) is 4.79 Å². The van der Waals surface area contributed by atoms with Crippen molar-refractivity contribution < 1.29 is 23.4 Å². The van der Waals surface area contributed by atoms with Crippen LogP contribution in [0.5, 0.6) is 17.2 Å². The molecule has 39 heavy (non-hydrogen) atoms. The molecular weight excluding hydrogens is 492 g/mol. The average Bonchev–Trinajstić information content (AvgIpc) is 3.52. The van der Waals surface area contributed by atoms with Crippen LogP contribution in [0.3, 0.4) is 0 Å². The zero-order valence-electron chi connectivity index (χ0n) is 22.6. The zero-order chi connectivity index (χ0) is 27.2. The lowest BCUT2D eigenvalue weighted by atomic mass is 10.0. The second-order valence-electron chi connectivity index (χ2n) is 9.77. The molecule has 2 atom stereocenters. The fraction of sp³-hybridized carbons (Fsp3) is 0.312. The van der Waals surface area contributed by atoms with Gasteiger partial charge in [-0.3, -0.25) is 9.69 Å². The lowest BCUT2D eigenvalue weighted by Crippen LogP contribution is -2.37. The Bertz CT molecular complexity index is 1370. The van der Waals surface area contributed by atoms with Crippen molar-refractivity contribution in [1.29, 1.82) is 0 Å². The van der Waals surface area contributed by atoms with Crippen LogP contribution in [0.15, 0.2) is 83.3 Å². The first-order valence-corrected chi connectivity index (χ1v) is 13.3. The number of nitrogens with zero attached hydrogens (tertiary/aromatic N) is 2. The Morgan fingerprint density at radius 2 is 1.62 bits per heavy atom. The number of likely N-dealkylation sites (tertiary alicyclic amines) is 1. The van der Waals surface area contributed by atoms with Gasteiger partial charge in [0.1, 0.15) is 29.1 Å². The van der Waals surface area contributed by atoms with Gasteiger partial charge in [0.05, 0.1) is 19.4 Å². The third-order valence-electron chi connectivity index (χ3n) is 7.13. The number of hydrogen-bond donors (Lipinski definition) is 0. The highest BCUT2D eigenvalue weighted by molar-refractivity contribution is 5.76. The van der Waals surface area contributed by atoms with Crippen molar-refractivity contribution >= 4 is 5.97 Å². The summed E-state index contributed by atoms with van der Waals surface area (Å²) in [4.78, 5) is 19.3. The number of rotatable bonds is 10. The third kappa shape index (κ3) is 6.49. The summed E-state index contributed by atoms with van der Waals surface area (Å²) < 4.78 is 22.5. The predicted octanol–water partition coefficient (Wildman–Crippen LogP) is 6.58. The quantitative estimate of drug-likeness (QED) is 0.216. The molecule has 7 nitrogen and oxygen atoms in total. The summed E-state index contributed by atoms with van der Waals surface area (Å²) in [5.74, 6) is 3.70. The Labute approximate surface area is 229 Å². The summed E-state index contributed by atoms with van der Waals surface area (Å²) in [6.07, 6.45) is 2.32. The lowest BCUT2D eigenvalue weighted by molar-refractivity contribution is -0.146. The second-order valence-corrected chi connectivity index (χ2v) is 9.77. The van der Waals surface area contributed by atoms with Gasteiger partial charge in [0, 0.05) is 25.9 Å². The van der Waals surface area contributed by atoms with Crippen molar-refractivity contribution in [3.05, 3.63) is 107 Å². The molecule has 7 heteroatoms.